The van der Waals surface area contributed by atoms with E-state index in [2.05, 4.69) is 16.0 Å². The first-order valence-electron chi connectivity index (χ1n) is 12.5. The molecule has 0 aliphatic carbocycles. The first kappa shape index (κ1) is 31.1. The van der Waals surface area contributed by atoms with Gasteiger partial charge >= 0.3 is 5.97 Å². The zero-order valence-corrected chi connectivity index (χ0v) is 25.8. The molecule has 3 N–H and O–H groups in total. The van der Waals surface area contributed by atoms with Crippen LogP contribution in [0.5, 0.6) is 0 Å². The van der Waals surface area contributed by atoms with Crippen molar-refractivity contribution in [2.24, 2.45) is 0 Å². The maximum atomic E-state index is 13.2. The molecule has 12 heteroatoms. The van der Waals surface area contributed by atoms with Gasteiger partial charge in [0.15, 0.2) is 0 Å². The Balaban J connectivity index is 1.47. The minimum absolute atomic E-state index is 0.122. The van der Waals surface area contributed by atoms with Gasteiger partial charge in [0.2, 0.25) is 5.91 Å². The summed E-state index contributed by atoms with van der Waals surface area (Å²) in [5.41, 5.74) is 1.91. The molecule has 42 heavy (non-hydrogen) atoms. The van der Waals surface area contributed by atoms with E-state index in [1.54, 1.807) is 68.4 Å². The Morgan fingerprint density at radius 3 is 2.24 bits per heavy atom. The number of ether oxygens (including phenoxy) is 1. The third-order valence-electron chi connectivity index (χ3n) is 5.96. The van der Waals surface area contributed by atoms with Gasteiger partial charge < -0.3 is 20.7 Å². The number of hydrogen-bond donors (Lipinski definition) is 3. The summed E-state index contributed by atoms with van der Waals surface area (Å²) in [7, 11) is 1.24. The molecule has 0 radical (unpaired) electrons. The zero-order chi connectivity index (χ0) is 30.4. The summed E-state index contributed by atoms with van der Waals surface area (Å²) in [6.45, 7) is 3.34. The van der Waals surface area contributed by atoms with Crippen molar-refractivity contribution in [1.82, 2.24) is 0 Å². The molecule has 1 atom stereocenters. The lowest BCUT2D eigenvalue weighted by atomic mass is 10.1. The van der Waals surface area contributed by atoms with Gasteiger partial charge in [-0.15, -0.1) is 23.1 Å². The van der Waals surface area contributed by atoms with Crippen LogP contribution in [0.15, 0.2) is 77.7 Å². The molecule has 0 aliphatic heterocycles. The number of para-hydroxylation sites is 1. The van der Waals surface area contributed by atoms with Crippen LogP contribution in [0.4, 0.5) is 16.4 Å². The minimum Gasteiger partial charge on any atom is -0.465 e. The van der Waals surface area contributed by atoms with Crippen molar-refractivity contribution in [3.8, 4) is 0 Å². The predicted molar refractivity (Wildman–Crippen MR) is 170 cm³/mol. The molecule has 3 aromatic carbocycles. The molecule has 4 aromatic rings. The summed E-state index contributed by atoms with van der Waals surface area (Å²) in [5.74, 6) is -1.86. The number of thiophene rings is 1. The van der Waals surface area contributed by atoms with E-state index in [4.69, 9.17) is 27.9 Å². The number of anilines is 3. The number of thioether (sulfide) groups is 1. The topological polar surface area (TPSA) is 114 Å². The fraction of sp³-hybridized carbons (Fsp3) is 0.133. The number of hydrogen-bond acceptors (Lipinski definition) is 7. The average Bonchev–Trinajstić information content (AvgIpc) is 3.28. The second-order valence-electron chi connectivity index (χ2n) is 8.93. The van der Waals surface area contributed by atoms with Gasteiger partial charge in [-0.1, -0.05) is 47.5 Å². The second-order valence-corrected chi connectivity index (χ2v) is 12.2. The summed E-state index contributed by atoms with van der Waals surface area (Å²) < 4.78 is 4.93. The Morgan fingerprint density at radius 2 is 1.55 bits per heavy atom. The molecule has 0 saturated heterocycles. The van der Waals surface area contributed by atoms with Crippen molar-refractivity contribution in [2.75, 3.05) is 23.1 Å². The molecule has 0 bridgehead atoms. The Labute approximate surface area is 260 Å². The molecule has 0 spiro atoms. The van der Waals surface area contributed by atoms with E-state index in [1.165, 1.54) is 31.0 Å². The Hall–Kier alpha value is -3.83. The Bertz CT molecular complexity index is 1660. The second kappa shape index (κ2) is 13.9. The molecule has 216 valence electrons. The van der Waals surface area contributed by atoms with E-state index in [0.29, 0.717) is 22.0 Å². The van der Waals surface area contributed by atoms with Crippen LogP contribution in [0.1, 0.15) is 42.9 Å². The van der Waals surface area contributed by atoms with E-state index >= 15 is 0 Å². The zero-order valence-electron chi connectivity index (χ0n) is 22.6. The lowest BCUT2D eigenvalue weighted by Crippen LogP contribution is -2.23. The number of esters is 1. The molecule has 4 rings (SSSR count). The van der Waals surface area contributed by atoms with Gasteiger partial charge in [0, 0.05) is 21.3 Å². The largest absolute Gasteiger partial charge is 0.465 e. The molecular formula is C30H25Cl2N3O5S2. The first-order valence-corrected chi connectivity index (χ1v) is 14.9. The van der Waals surface area contributed by atoms with Crippen LogP contribution in [-0.4, -0.2) is 36.1 Å². The smallest absolute Gasteiger partial charge is 0.341 e. The van der Waals surface area contributed by atoms with E-state index in [9.17, 15) is 19.2 Å². The van der Waals surface area contributed by atoms with E-state index < -0.39 is 23.0 Å². The third kappa shape index (κ3) is 7.51. The van der Waals surface area contributed by atoms with Gasteiger partial charge in [0.05, 0.1) is 33.4 Å². The van der Waals surface area contributed by atoms with Crippen molar-refractivity contribution in [3.05, 3.63) is 104 Å². The summed E-state index contributed by atoms with van der Waals surface area (Å²) in [6, 6.07) is 20.5. The maximum Gasteiger partial charge on any atom is 0.341 e. The van der Waals surface area contributed by atoms with E-state index in [1.807, 2.05) is 6.07 Å². The predicted octanol–water partition coefficient (Wildman–Crippen LogP) is 7.77. The van der Waals surface area contributed by atoms with Crippen molar-refractivity contribution < 1.29 is 23.9 Å². The number of amides is 3. The summed E-state index contributed by atoms with van der Waals surface area (Å²) in [6.07, 6.45) is 0. The molecule has 3 amide bonds. The van der Waals surface area contributed by atoms with Gasteiger partial charge in [-0.2, -0.15) is 0 Å². The minimum atomic E-state index is -0.664. The van der Waals surface area contributed by atoms with Gasteiger partial charge in [-0.05, 0) is 67.9 Å². The molecule has 0 saturated carbocycles. The van der Waals surface area contributed by atoms with Crippen LogP contribution in [0.25, 0.3) is 0 Å². The highest BCUT2D eigenvalue weighted by atomic mass is 35.5. The standard InChI is InChI=1S/C30H25Cl2N3O5S2/c1-16-24(30(39)40-3)29(42-25(16)28(38)33-19-8-5-4-6-9-19)35-26(36)17(2)41-21-11-7-10-20(15-21)34-27(37)22-13-12-18(31)14-23(22)32/h4-15,17H,1-3H3,(H,33,38)(H,34,37)(H,35,36). The van der Waals surface area contributed by atoms with Gasteiger partial charge in [0.1, 0.15) is 5.00 Å². The van der Waals surface area contributed by atoms with Crippen molar-refractivity contribution in [1.29, 1.82) is 0 Å². The highest BCUT2D eigenvalue weighted by Crippen LogP contribution is 2.35. The van der Waals surface area contributed by atoms with Crippen molar-refractivity contribution >= 4 is 86.4 Å². The third-order valence-corrected chi connectivity index (χ3v) is 8.81. The monoisotopic (exact) mass is 641 g/mol. The summed E-state index contributed by atoms with van der Waals surface area (Å²) in [4.78, 5) is 52.5. The fourth-order valence-electron chi connectivity index (χ4n) is 3.87. The SMILES string of the molecule is COC(=O)c1c(NC(=O)C(C)Sc2cccc(NC(=O)c3ccc(Cl)cc3Cl)c2)sc(C(=O)Nc2ccccc2)c1C. The molecule has 0 aliphatic rings. The quantitative estimate of drug-likeness (QED) is 0.127. The highest BCUT2D eigenvalue weighted by molar-refractivity contribution is 8.00. The van der Waals surface area contributed by atoms with Crippen molar-refractivity contribution in [3.63, 3.8) is 0 Å². The van der Waals surface area contributed by atoms with Gasteiger partial charge in [0.25, 0.3) is 11.8 Å². The molecular weight excluding hydrogens is 617 g/mol. The van der Waals surface area contributed by atoms with Gasteiger partial charge in [-0.25, -0.2) is 4.79 Å². The molecule has 1 heterocycles. The molecule has 8 nitrogen and oxygen atoms in total. The van der Waals surface area contributed by atoms with Crippen LogP contribution < -0.4 is 16.0 Å². The van der Waals surface area contributed by atoms with E-state index in [0.717, 1.165) is 16.2 Å². The van der Waals surface area contributed by atoms with Gasteiger partial charge in [-0.3, -0.25) is 14.4 Å². The number of carbonyl (C=O) groups excluding carboxylic acids is 4. The Morgan fingerprint density at radius 1 is 0.857 bits per heavy atom. The first-order chi connectivity index (χ1) is 20.1. The fourth-order valence-corrected chi connectivity index (χ4v) is 6.38. The van der Waals surface area contributed by atoms with Crippen molar-refractivity contribution in [2.45, 2.75) is 24.0 Å². The van der Waals surface area contributed by atoms with Crippen LogP contribution in [0.3, 0.4) is 0 Å². The number of benzene rings is 3. The summed E-state index contributed by atoms with van der Waals surface area (Å²) in [5, 5.41) is 8.65. The molecule has 0 fully saturated rings. The lowest BCUT2D eigenvalue weighted by molar-refractivity contribution is -0.115. The summed E-state index contributed by atoms with van der Waals surface area (Å²) >= 11 is 14.3. The van der Waals surface area contributed by atoms with E-state index in [-0.39, 0.29) is 31.9 Å². The van der Waals surface area contributed by atoms with Crippen LogP contribution in [0, 0.1) is 6.92 Å². The number of halogens is 2. The highest BCUT2D eigenvalue weighted by Gasteiger charge is 2.27. The van der Waals surface area contributed by atoms with Crippen LogP contribution >= 0.6 is 46.3 Å². The van der Waals surface area contributed by atoms with Crippen LogP contribution in [-0.2, 0) is 9.53 Å². The molecule has 1 aromatic heterocycles. The average molecular weight is 643 g/mol. The molecule has 1 unspecified atom stereocenters. The van der Waals surface area contributed by atoms with Crippen LogP contribution in [0.2, 0.25) is 10.0 Å². The number of nitrogens with one attached hydrogen (secondary N) is 3. The lowest BCUT2D eigenvalue weighted by Gasteiger charge is -2.13. The Kier molecular flexibility index (Phi) is 10.3. The number of carbonyl (C=O) groups is 4. The number of methoxy groups -OCH3 is 1. The normalized spacial score (nSPS) is 11.4. The maximum absolute atomic E-state index is 13.2. The number of rotatable bonds is 9.